The van der Waals surface area contributed by atoms with Gasteiger partial charge in [0.05, 0.1) is 5.41 Å². The van der Waals surface area contributed by atoms with E-state index in [0.717, 1.165) is 32.4 Å². The number of nitrogens with one attached hydrogen (secondary N) is 2. The van der Waals surface area contributed by atoms with E-state index in [0.29, 0.717) is 5.95 Å². The van der Waals surface area contributed by atoms with Gasteiger partial charge in [0.15, 0.2) is 0 Å². The summed E-state index contributed by atoms with van der Waals surface area (Å²) in [5.41, 5.74) is -0.284. The zero-order valence-corrected chi connectivity index (χ0v) is 10.1. The monoisotopic (exact) mass is 234 g/mol. The second kappa shape index (κ2) is 5.23. The van der Waals surface area contributed by atoms with Crippen LogP contribution in [0.25, 0.3) is 0 Å². The third-order valence-electron chi connectivity index (χ3n) is 3.25. The molecule has 1 fully saturated rings. The Balaban J connectivity index is 2.07. The number of rotatable bonds is 4. The third kappa shape index (κ3) is 2.61. The average molecular weight is 234 g/mol. The summed E-state index contributed by atoms with van der Waals surface area (Å²) in [6, 6.07) is 1.73. The Bertz CT molecular complexity index is 373. The van der Waals surface area contributed by atoms with Gasteiger partial charge in [-0.05, 0) is 25.5 Å². The molecular formula is C12H18N4O. The fraction of sp³-hybridized carbons (Fsp3) is 0.583. The van der Waals surface area contributed by atoms with Gasteiger partial charge in [0.2, 0.25) is 11.9 Å². The number of hydrogen-bond acceptors (Lipinski definition) is 4. The van der Waals surface area contributed by atoms with Gasteiger partial charge in [-0.1, -0.05) is 13.3 Å². The SMILES string of the molecule is CCCC1(C(=O)Nc2ncccn2)CCNC1. The zero-order valence-electron chi connectivity index (χ0n) is 10.1. The number of nitrogens with zero attached hydrogens (tertiary/aromatic N) is 2. The van der Waals surface area contributed by atoms with Crippen LogP contribution in [-0.2, 0) is 4.79 Å². The molecule has 0 bridgehead atoms. The minimum absolute atomic E-state index is 0.0375. The minimum Gasteiger partial charge on any atom is -0.316 e. The first-order chi connectivity index (χ1) is 8.27. The first kappa shape index (κ1) is 12.0. The predicted octanol–water partition coefficient (Wildman–Crippen LogP) is 1.19. The summed E-state index contributed by atoms with van der Waals surface area (Å²) in [6.07, 6.45) is 6.05. The Morgan fingerprint density at radius 3 is 2.88 bits per heavy atom. The zero-order chi connectivity index (χ0) is 12.1. The normalized spacial score (nSPS) is 23.6. The number of hydrogen-bond donors (Lipinski definition) is 2. The van der Waals surface area contributed by atoms with Gasteiger partial charge < -0.3 is 5.32 Å². The van der Waals surface area contributed by atoms with E-state index < -0.39 is 0 Å². The summed E-state index contributed by atoms with van der Waals surface area (Å²) in [4.78, 5) is 20.3. The quantitative estimate of drug-likeness (QED) is 0.821. The molecule has 1 aliphatic rings. The van der Waals surface area contributed by atoms with Crippen molar-refractivity contribution < 1.29 is 4.79 Å². The smallest absolute Gasteiger partial charge is 0.234 e. The van der Waals surface area contributed by atoms with Gasteiger partial charge in [-0.25, -0.2) is 9.97 Å². The van der Waals surface area contributed by atoms with E-state index in [-0.39, 0.29) is 11.3 Å². The summed E-state index contributed by atoms with van der Waals surface area (Å²) in [5, 5.41) is 6.07. The van der Waals surface area contributed by atoms with Crippen LogP contribution < -0.4 is 10.6 Å². The number of carbonyl (C=O) groups is 1. The van der Waals surface area contributed by atoms with Crippen LogP contribution in [0.5, 0.6) is 0 Å². The second-order valence-electron chi connectivity index (χ2n) is 4.48. The van der Waals surface area contributed by atoms with Gasteiger partial charge in [-0.15, -0.1) is 0 Å². The first-order valence-electron chi connectivity index (χ1n) is 6.06. The highest BCUT2D eigenvalue weighted by atomic mass is 16.2. The molecule has 2 heterocycles. The molecule has 0 aromatic carbocycles. The molecule has 5 nitrogen and oxygen atoms in total. The van der Waals surface area contributed by atoms with Crippen LogP contribution in [0.4, 0.5) is 5.95 Å². The van der Waals surface area contributed by atoms with E-state index in [2.05, 4.69) is 27.5 Å². The standard InChI is InChI=1S/C12H18N4O/c1-2-4-12(5-8-13-9-12)10(17)16-11-14-6-3-7-15-11/h3,6-7,13H,2,4-5,8-9H2,1H3,(H,14,15,16,17). The molecular weight excluding hydrogens is 216 g/mol. The molecule has 17 heavy (non-hydrogen) atoms. The minimum atomic E-state index is -0.284. The Morgan fingerprint density at radius 1 is 1.53 bits per heavy atom. The topological polar surface area (TPSA) is 66.9 Å². The molecule has 1 unspecified atom stereocenters. The summed E-state index contributed by atoms with van der Waals surface area (Å²) < 4.78 is 0. The largest absolute Gasteiger partial charge is 0.316 e. The molecule has 1 amide bonds. The molecule has 2 N–H and O–H groups in total. The highest BCUT2D eigenvalue weighted by Crippen LogP contribution is 2.32. The van der Waals surface area contributed by atoms with Crippen molar-refractivity contribution in [3.05, 3.63) is 18.5 Å². The molecule has 5 heteroatoms. The molecule has 1 atom stereocenters. The Morgan fingerprint density at radius 2 is 2.29 bits per heavy atom. The Labute approximate surface area is 101 Å². The van der Waals surface area contributed by atoms with Crippen molar-refractivity contribution >= 4 is 11.9 Å². The molecule has 92 valence electrons. The molecule has 1 aromatic heterocycles. The highest BCUT2D eigenvalue weighted by Gasteiger charge is 2.40. The summed E-state index contributed by atoms with van der Waals surface area (Å²) in [5.74, 6) is 0.426. The van der Waals surface area contributed by atoms with Crippen molar-refractivity contribution in [2.24, 2.45) is 5.41 Å². The molecule has 2 rings (SSSR count). The van der Waals surface area contributed by atoms with Crippen molar-refractivity contribution in [2.75, 3.05) is 18.4 Å². The Kier molecular flexibility index (Phi) is 3.68. The van der Waals surface area contributed by atoms with Crippen LogP contribution in [0.15, 0.2) is 18.5 Å². The molecule has 1 aliphatic heterocycles. The lowest BCUT2D eigenvalue weighted by molar-refractivity contribution is -0.125. The first-order valence-corrected chi connectivity index (χ1v) is 6.06. The molecule has 1 saturated heterocycles. The van der Waals surface area contributed by atoms with E-state index in [1.165, 1.54) is 0 Å². The van der Waals surface area contributed by atoms with Gasteiger partial charge in [0.1, 0.15) is 0 Å². The third-order valence-corrected chi connectivity index (χ3v) is 3.25. The lowest BCUT2D eigenvalue weighted by Gasteiger charge is -2.25. The molecule has 1 aromatic rings. The van der Waals surface area contributed by atoms with E-state index in [1.807, 2.05) is 0 Å². The number of aromatic nitrogens is 2. The van der Waals surface area contributed by atoms with Crippen LogP contribution in [0.1, 0.15) is 26.2 Å². The second-order valence-corrected chi connectivity index (χ2v) is 4.48. The fourth-order valence-corrected chi connectivity index (χ4v) is 2.34. The summed E-state index contributed by atoms with van der Waals surface area (Å²) >= 11 is 0. The predicted molar refractivity (Wildman–Crippen MR) is 65.5 cm³/mol. The van der Waals surface area contributed by atoms with Crippen LogP contribution in [-0.4, -0.2) is 29.0 Å². The van der Waals surface area contributed by atoms with Gasteiger partial charge in [0, 0.05) is 18.9 Å². The maximum Gasteiger partial charge on any atom is 0.234 e. The van der Waals surface area contributed by atoms with Crippen molar-refractivity contribution in [3.63, 3.8) is 0 Å². The summed E-state index contributed by atoms with van der Waals surface area (Å²) in [7, 11) is 0. The lowest BCUT2D eigenvalue weighted by Crippen LogP contribution is -2.38. The number of carbonyl (C=O) groups excluding carboxylic acids is 1. The number of anilines is 1. The van der Waals surface area contributed by atoms with Gasteiger partial charge in [-0.3, -0.25) is 10.1 Å². The van der Waals surface area contributed by atoms with E-state index >= 15 is 0 Å². The van der Waals surface area contributed by atoms with E-state index in [4.69, 9.17) is 0 Å². The maximum absolute atomic E-state index is 12.3. The van der Waals surface area contributed by atoms with Gasteiger partial charge in [0.25, 0.3) is 0 Å². The molecule has 0 saturated carbocycles. The van der Waals surface area contributed by atoms with Crippen LogP contribution in [0, 0.1) is 5.41 Å². The van der Waals surface area contributed by atoms with Crippen molar-refractivity contribution in [1.82, 2.24) is 15.3 Å². The van der Waals surface area contributed by atoms with Crippen molar-refractivity contribution in [1.29, 1.82) is 0 Å². The maximum atomic E-state index is 12.3. The molecule has 0 radical (unpaired) electrons. The van der Waals surface area contributed by atoms with E-state index in [1.54, 1.807) is 18.5 Å². The lowest BCUT2D eigenvalue weighted by atomic mass is 9.81. The van der Waals surface area contributed by atoms with Gasteiger partial charge in [-0.2, -0.15) is 0 Å². The molecule has 0 aliphatic carbocycles. The van der Waals surface area contributed by atoms with Crippen molar-refractivity contribution in [3.8, 4) is 0 Å². The highest BCUT2D eigenvalue weighted by molar-refractivity contribution is 5.94. The summed E-state index contributed by atoms with van der Waals surface area (Å²) in [6.45, 7) is 3.76. The fourth-order valence-electron chi connectivity index (χ4n) is 2.34. The number of amides is 1. The van der Waals surface area contributed by atoms with Crippen LogP contribution >= 0.6 is 0 Å². The van der Waals surface area contributed by atoms with Gasteiger partial charge >= 0.3 is 0 Å². The van der Waals surface area contributed by atoms with Crippen molar-refractivity contribution in [2.45, 2.75) is 26.2 Å². The Hall–Kier alpha value is -1.49. The van der Waals surface area contributed by atoms with E-state index in [9.17, 15) is 4.79 Å². The van der Waals surface area contributed by atoms with Crippen LogP contribution in [0.3, 0.4) is 0 Å². The average Bonchev–Trinajstić information content (AvgIpc) is 2.81. The van der Waals surface area contributed by atoms with Crippen LogP contribution in [0.2, 0.25) is 0 Å². The molecule has 0 spiro atoms.